The summed E-state index contributed by atoms with van der Waals surface area (Å²) in [6.45, 7) is 8.38. The third kappa shape index (κ3) is 9.37. The van der Waals surface area contributed by atoms with Crippen molar-refractivity contribution in [2.45, 2.75) is 46.1 Å². The summed E-state index contributed by atoms with van der Waals surface area (Å²) < 4.78 is 67.1. The highest BCUT2D eigenvalue weighted by Gasteiger charge is 2.38. The topological polar surface area (TPSA) is 128 Å². The molecule has 0 radical (unpaired) electrons. The van der Waals surface area contributed by atoms with Gasteiger partial charge in [0.1, 0.15) is 17.9 Å². The quantitative estimate of drug-likeness (QED) is 0.382. The molecule has 0 bridgehead atoms. The van der Waals surface area contributed by atoms with Crippen LogP contribution in [-0.4, -0.2) is 50.7 Å². The molecule has 38 heavy (non-hydrogen) atoms. The van der Waals surface area contributed by atoms with Gasteiger partial charge in [0.05, 0.1) is 6.20 Å². The number of carboxylic acid groups (broad SMARTS) is 2. The summed E-state index contributed by atoms with van der Waals surface area (Å²) in [6, 6.07) is 9.71. The Morgan fingerprint density at radius 3 is 1.92 bits per heavy atom. The largest absolute Gasteiger partial charge is 0.542 e. The van der Waals surface area contributed by atoms with Crippen LogP contribution in [-0.2, 0) is 9.59 Å². The first-order valence-corrected chi connectivity index (χ1v) is 10.6. The average Bonchev–Trinajstić information content (AvgIpc) is 3.18. The number of halogens is 6. The maximum absolute atomic E-state index is 13.0. The maximum Gasteiger partial charge on any atom is 0.490 e. The van der Waals surface area contributed by atoms with Crippen molar-refractivity contribution in [1.82, 2.24) is 14.7 Å². The van der Waals surface area contributed by atoms with E-state index in [1.165, 1.54) is 0 Å². The molecule has 2 N–H and O–H groups in total. The van der Waals surface area contributed by atoms with Crippen LogP contribution >= 0.6 is 0 Å². The van der Waals surface area contributed by atoms with Gasteiger partial charge in [0.2, 0.25) is 0 Å². The summed E-state index contributed by atoms with van der Waals surface area (Å²) in [5.41, 5.74) is 1.86. The number of pyridine rings is 2. The number of aromatic nitrogens is 3. The van der Waals surface area contributed by atoms with Gasteiger partial charge in [-0.05, 0) is 24.5 Å². The van der Waals surface area contributed by atoms with E-state index in [0.29, 0.717) is 5.82 Å². The second-order valence-electron chi connectivity index (χ2n) is 8.67. The summed E-state index contributed by atoms with van der Waals surface area (Å²) >= 11 is 0. The third-order valence-corrected chi connectivity index (χ3v) is 4.87. The van der Waals surface area contributed by atoms with Crippen LogP contribution in [0.3, 0.4) is 0 Å². The molecule has 208 valence electrons. The molecule has 3 aromatic rings. The first-order chi connectivity index (χ1) is 17.3. The predicted octanol–water partition coefficient (Wildman–Crippen LogP) is 2.71. The Labute approximate surface area is 212 Å². The highest BCUT2D eigenvalue weighted by molar-refractivity contribution is 5.90. The molecule has 0 aliphatic rings. The first kappa shape index (κ1) is 31.9. The van der Waals surface area contributed by atoms with Gasteiger partial charge in [0, 0.05) is 30.6 Å². The van der Waals surface area contributed by atoms with Crippen LogP contribution in [0.5, 0.6) is 0 Å². The molecule has 9 nitrogen and oxygen atoms in total. The van der Waals surface area contributed by atoms with Gasteiger partial charge in [-0.1, -0.05) is 26.8 Å². The zero-order chi connectivity index (χ0) is 29.5. The van der Waals surface area contributed by atoms with Crippen molar-refractivity contribution in [1.29, 1.82) is 0 Å². The van der Waals surface area contributed by atoms with E-state index in [0.717, 1.165) is 11.2 Å². The van der Waals surface area contributed by atoms with Crippen molar-refractivity contribution in [2.75, 3.05) is 0 Å². The molecule has 0 fully saturated rings. The molecule has 0 spiro atoms. The van der Waals surface area contributed by atoms with E-state index in [9.17, 15) is 31.1 Å². The molecule has 1 amide bonds. The lowest BCUT2D eigenvalue weighted by Crippen LogP contribution is -2.47. The number of imidazole rings is 1. The van der Waals surface area contributed by atoms with Gasteiger partial charge >= 0.3 is 30.1 Å². The number of fused-ring (bicyclic) bond motifs is 1. The first-order valence-electron chi connectivity index (χ1n) is 10.6. The minimum absolute atomic E-state index is 0.00970. The monoisotopic (exact) mass is 550 g/mol. The number of hydrogen-bond donors (Lipinski definition) is 2. The van der Waals surface area contributed by atoms with E-state index in [2.05, 4.69) is 31.1 Å². The molecule has 0 saturated heterocycles. The van der Waals surface area contributed by atoms with E-state index in [-0.39, 0.29) is 17.4 Å². The van der Waals surface area contributed by atoms with Gasteiger partial charge in [0.25, 0.3) is 0 Å². The number of hydrogen-bond acceptors (Lipinski definition) is 5. The van der Waals surface area contributed by atoms with Crippen LogP contribution < -0.4 is 15.0 Å². The van der Waals surface area contributed by atoms with Crippen molar-refractivity contribution in [3.05, 3.63) is 60.9 Å². The number of carbonyl (C=O) groups is 3. The molecule has 3 aromatic heterocycles. The Morgan fingerprint density at radius 2 is 1.50 bits per heavy atom. The minimum atomic E-state index is -5.19. The fourth-order valence-corrected chi connectivity index (χ4v) is 2.46. The Balaban J connectivity index is 0.000000426. The molecule has 0 aromatic carbocycles. The standard InChI is InChI=1S/C19H22N4O.2C2HF3O2/c1-14(19(2,3)4)21-17(24)18-22-12-6-5-7-16(22)13-23(18)15-8-10-20-11-9-15;2*3-2(4,5)1(6)7/h5-14H,1-4H3;2*(H,6,7). The fraction of sp³-hybridized carbons (Fsp3) is 0.348. The van der Waals surface area contributed by atoms with E-state index in [1.807, 2.05) is 58.6 Å². The summed E-state index contributed by atoms with van der Waals surface area (Å²) in [7, 11) is 0. The molecule has 1 atom stereocenters. The van der Waals surface area contributed by atoms with Gasteiger partial charge in [-0.25, -0.2) is 4.79 Å². The smallest absolute Gasteiger partial charge is 0.490 e. The van der Waals surface area contributed by atoms with Crippen molar-refractivity contribution in [3.63, 3.8) is 0 Å². The Morgan fingerprint density at radius 1 is 1.00 bits per heavy atom. The third-order valence-electron chi connectivity index (χ3n) is 4.87. The normalized spacial score (nSPS) is 12.4. The molecule has 0 aliphatic carbocycles. The molecule has 3 rings (SSSR count). The van der Waals surface area contributed by atoms with Crippen LogP contribution in [0.15, 0.2) is 55.1 Å². The minimum Gasteiger partial charge on any atom is -0.542 e. The molecular weight excluding hydrogens is 526 g/mol. The van der Waals surface area contributed by atoms with Crippen LogP contribution in [0.25, 0.3) is 11.2 Å². The lowest BCUT2D eigenvalue weighted by molar-refractivity contribution is -0.596. The number of aliphatic carboxylic acids is 2. The van der Waals surface area contributed by atoms with Crippen molar-refractivity contribution in [3.8, 4) is 5.69 Å². The predicted molar refractivity (Wildman–Crippen MR) is 118 cm³/mol. The van der Waals surface area contributed by atoms with E-state index in [4.69, 9.17) is 19.8 Å². The van der Waals surface area contributed by atoms with Crippen LogP contribution in [0.1, 0.15) is 38.3 Å². The zero-order valence-electron chi connectivity index (χ0n) is 20.5. The second-order valence-corrected chi connectivity index (χ2v) is 8.67. The fourth-order valence-electron chi connectivity index (χ4n) is 2.46. The summed E-state index contributed by atoms with van der Waals surface area (Å²) in [5.74, 6) is -5.28. The number of carboxylic acids is 2. The van der Waals surface area contributed by atoms with E-state index >= 15 is 0 Å². The van der Waals surface area contributed by atoms with Crippen LogP contribution in [0, 0.1) is 5.41 Å². The molecule has 0 aliphatic heterocycles. The molecule has 3 heterocycles. The van der Waals surface area contributed by atoms with Crippen molar-refractivity contribution < 1.29 is 55.5 Å². The number of nitrogens with zero attached hydrogens (tertiary/aromatic N) is 3. The molecule has 1 unspecified atom stereocenters. The van der Waals surface area contributed by atoms with Gasteiger partial charge in [-0.3, -0.25) is 9.78 Å². The van der Waals surface area contributed by atoms with Crippen LogP contribution in [0.2, 0.25) is 0 Å². The van der Waals surface area contributed by atoms with E-state index in [1.54, 1.807) is 12.4 Å². The lowest BCUT2D eigenvalue weighted by Gasteiger charge is -2.27. The maximum atomic E-state index is 13.0. The number of alkyl halides is 6. The Hall–Kier alpha value is -4.17. The molecule has 15 heteroatoms. The zero-order valence-corrected chi connectivity index (χ0v) is 20.5. The molecule has 0 saturated carbocycles. The summed E-state index contributed by atoms with van der Waals surface area (Å²) in [4.78, 5) is 34.7. The summed E-state index contributed by atoms with van der Waals surface area (Å²) in [6.07, 6.45) is -2.95. The Kier molecular flexibility index (Phi) is 10.4. The SMILES string of the molecule is CC(NC(=O)c1n2ccccc2c[n+]1-c1ccncc1)C(C)(C)C.O=C(O)C(F)(F)F.O=C([O-])C(F)(F)F. The highest BCUT2D eigenvalue weighted by atomic mass is 19.4. The van der Waals surface area contributed by atoms with Crippen molar-refractivity contribution >= 4 is 23.4 Å². The van der Waals surface area contributed by atoms with Gasteiger partial charge in [0.15, 0.2) is 5.52 Å². The van der Waals surface area contributed by atoms with Crippen LogP contribution in [0.4, 0.5) is 26.3 Å². The van der Waals surface area contributed by atoms with Crippen molar-refractivity contribution in [2.24, 2.45) is 5.41 Å². The second kappa shape index (κ2) is 12.4. The number of carbonyl (C=O) groups excluding carboxylic acids is 2. The number of nitrogens with one attached hydrogen (secondary N) is 1. The lowest BCUT2D eigenvalue weighted by atomic mass is 9.88. The van der Waals surface area contributed by atoms with Gasteiger partial charge in [-0.2, -0.15) is 35.3 Å². The molecular formula is C23H24F6N4O5. The summed E-state index contributed by atoms with van der Waals surface area (Å²) in [5, 5.41) is 19.0. The Bertz CT molecular complexity index is 1230. The average molecular weight is 550 g/mol. The van der Waals surface area contributed by atoms with Gasteiger partial charge in [-0.15, -0.1) is 0 Å². The van der Waals surface area contributed by atoms with E-state index < -0.39 is 24.3 Å². The number of amides is 1. The van der Waals surface area contributed by atoms with Gasteiger partial charge < -0.3 is 20.3 Å². The highest BCUT2D eigenvalue weighted by Crippen LogP contribution is 2.19. The number of rotatable bonds is 3.